The lowest BCUT2D eigenvalue weighted by Crippen LogP contribution is -2.16. The van der Waals surface area contributed by atoms with Gasteiger partial charge in [0, 0.05) is 15.6 Å². The van der Waals surface area contributed by atoms with Crippen LogP contribution in [0.1, 0.15) is 11.1 Å². The fourth-order valence-corrected chi connectivity index (χ4v) is 2.86. The van der Waals surface area contributed by atoms with Crippen LogP contribution in [0.4, 0.5) is 10.2 Å². The summed E-state index contributed by atoms with van der Waals surface area (Å²) in [6, 6.07) is 4.64. The van der Waals surface area contributed by atoms with Gasteiger partial charge in [-0.15, -0.1) is 0 Å². The molecule has 22 heavy (non-hydrogen) atoms. The number of nitrogens with one attached hydrogen (secondary N) is 1. The van der Waals surface area contributed by atoms with E-state index in [0.29, 0.717) is 0 Å². The van der Waals surface area contributed by atoms with E-state index >= 15 is 0 Å². The third-order valence-corrected chi connectivity index (χ3v) is 4.35. The Morgan fingerprint density at radius 3 is 2.36 bits per heavy atom. The number of aromatic nitrogens is 1. The molecule has 0 aliphatic carbocycles. The molecule has 2 aromatic rings. The van der Waals surface area contributed by atoms with E-state index in [9.17, 15) is 14.4 Å². The topological polar surface area (TPSA) is 106 Å². The van der Waals surface area contributed by atoms with Crippen molar-refractivity contribution in [1.82, 2.24) is 4.98 Å². The summed E-state index contributed by atoms with van der Waals surface area (Å²) in [4.78, 5) is 14.0. The summed E-state index contributed by atoms with van der Waals surface area (Å²) < 4.78 is 14.7. The van der Waals surface area contributed by atoms with Gasteiger partial charge in [-0.2, -0.15) is 10.5 Å². The van der Waals surface area contributed by atoms with Crippen molar-refractivity contribution in [1.29, 1.82) is 10.5 Å². The zero-order valence-corrected chi connectivity index (χ0v) is 13.6. The van der Waals surface area contributed by atoms with Crippen LogP contribution in [0.25, 0.3) is 11.1 Å². The zero-order chi connectivity index (χ0) is 16.6. The Balaban J connectivity index is 3.10. The van der Waals surface area contributed by atoms with Crippen molar-refractivity contribution in [2.45, 2.75) is 0 Å². The normalized spacial score (nSPS) is 10.1. The highest BCUT2D eigenvalue weighted by molar-refractivity contribution is 9.10. The molecule has 2 rings (SSSR count). The van der Waals surface area contributed by atoms with Crippen molar-refractivity contribution < 1.29 is 4.39 Å². The highest BCUT2D eigenvalue weighted by atomic mass is 79.9. The van der Waals surface area contributed by atoms with Gasteiger partial charge in [-0.05, 0) is 22.0 Å². The van der Waals surface area contributed by atoms with E-state index in [1.807, 2.05) is 0 Å². The molecule has 0 spiro atoms. The van der Waals surface area contributed by atoms with Gasteiger partial charge in [-0.1, -0.05) is 23.2 Å². The number of halogens is 4. The molecule has 0 fully saturated rings. The second-order valence-electron chi connectivity index (χ2n) is 4.06. The Morgan fingerprint density at radius 1 is 1.23 bits per heavy atom. The first-order chi connectivity index (χ1) is 10.3. The number of nitrogen functional groups attached to an aromatic ring is 1. The highest BCUT2D eigenvalue weighted by Crippen LogP contribution is 2.41. The number of benzene rings is 1. The summed E-state index contributed by atoms with van der Waals surface area (Å²) >= 11 is 14.8. The predicted molar refractivity (Wildman–Crippen MR) is 84.0 cm³/mol. The van der Waals surface area contributed by atoms with Crippen LogP contribution >= 0.6 is 39.1 Å². The molecule has 0 aliphatic heterocycles. The SMILES string of the molecule is N#Cc1c(N)[nH]c(=O)c(C#N)c1-c1c(Cl)cc(Br)c(Cl)c1F. The largest absolute Gasteiger partial charge is 0.384 e. The van der Waals surface area contributed by atoms with Crippen LogP contribution in [0.3, 0.4) is 0 Å². The van der Waals surface area contributed by atoms with Gasteiger partial charge >= 0.3 is 0 Å². The number of pyridine rings is 1. The molecule has 0 amide bonds. The van der Waals surface area contributed by atoms with Crippen LogP contribution in [-0.4, -0.2) is 4.98 Å². The van der Waals surface area contributed by atoms with E-state index in [0.717, 1.165) is 0 Å². The van der Waals surface area contributed by atoms with E-state index in [1.165, 1.54) is 6.07 Å². The first kappa shape index (κ1) is 16.3. The van der Waals surface area contributed by atoms with Gasteiger partial charge in [0.2, 0.25) is 0 Å². The van der Waals surface area contributed by atoms with Crippen LogP contribution in [-0.2, 0) is 0 Å². The van der Waals surface area contributed by atoms with E-state index < -0.39 is 16.9 Å². The molecular formula is C13H4BrCl2FN4O. The van der Waals surface area contributed by atoms with Crippen LogP contribution in [0.5, 0.6) is 0 Å². The van der Waals surface area contributed by atoms with Crippen LogP contribution in [0, 0.1) is 28.5 Å². The molecule has 3 N–H and O–H groups in total. The fraction of sp³-hybridized carbons (Fsp3) is 0. The van der Waals surface area contributed by atoms with Gasteiger partial charge in [0.1, 0.15) is 29.1 Å². The molecule has 1 aromatic heterocycles. The molecule has 0 atom stereocenters. The molecule has 0 radical (unpaired) electrons. The number of hydrogen-bond donors (Lipinski definition) is 2. The highest BCUT2D eigenvalue weighted by Gasteiger charge is 2.25. The predicted octanol–water partition coefficient (Wildman–Crippen LogP) is 3.58. The Labute approximate surface area is 141 Å². The number of nitrogens with two attached hydrogens (primary N) is 1. The first-order valence-electron chi connectivity index (χ1n) is 5.52. The number of nitriles is 2. The second kappa shape index (κ2) is 5.98. The molecule has 110 valence electrons. The number of rotatable bonds is 1. The maximum absolute atomic E-state index is 14.5. The van der Waals surface area contributed by atoms with Crippen molar-refractivity contribution in [2.75, 3.05) is 5.73 Å². The Morgan fingerprint density at radius 2 is 1.82 bits per heavy atom. The molecule has 0 saturated heterocycles. The van der Waals surface area contributed by atoms with E-state index in [4.69, 9.17) is 34.2 Å². The second-order valence-corrected chi connectivity index (χ2v) is 5.70. The number of hydrogen-bond acceptors (Lipinski definition) is 4. The first-order valence-corrected chi connectivity index (χ1v) is 7.07. The van der Waals surface area contributed by atoms with Crippen molar-refractivity contribution in [3.63, 3.8) is 0 Å². The molecule has 1 aromatic carbocycles. The van der Waals surface area contributed by atoms with Gasteiger partial charge in [0.25, 0.3) is 5.56 Å². The molecule has 0 aliphatic rings. The minimum atomic E-state index is -0.973. The van der Waals surface area contributed by atoms with Gasteiger partial charge in [-0.3, -0.25) is 4.79 Å². The summed E-state index contributed by atoms with van der Waals surface area (Å²) in [5, 5.41) is 17.9. The van der Waals surface area contributed by atoms with Gasteiger partial charge in [0.15, 0.2) is 5.82 Å². The Bertz CT molecular complexity index is 943. The molecule has 1 heterocycles. The standard InChI is InChI=1S/C13H4BrCl2FN4O/c14-6-1-7(15)9(11(17)10(6)16)8-4(2-18)12(20)21-13(22)5(8)3-19/h1H,(H3,20,21,22). The summed E-state index contributed by atoms with van der Waals surface area (Å²) in [7, 11) is 0. The third-order valence-electron chi connectivity index (χ3n) is 2.83. The van der Waals surface area contributed by atoms with E-state index in [-0.39, 0.29) is 37.0 Å². The molecule has 0 saturated carbocycles. The van der Waals surface area contributed by atoms with Gasteiger partial charge in [0.05, 0.1) is 10.0 Å². The number of anilines is 1. The summed E-state index contributed by atoms with van der Waals surface area (Å²) in [6.07, 6.45) is 0. The molecule has 5 nitrogen and oxygen atoms in total. The van der Waals surface area contributed by atoms with Crippen LogP contribution in [0.2, 0.25) is 10.0 Å². The summed E-state index contributed by atoms with van der Waals surface area (Å²) in [5.74, 6) is -1.27. The summed E-state index contributed by atoms with van der Waals surface area (Å²) in [5.41, 5.74) is 3.34. The van der Waals surface area contributed by atoms with Crippen LogP contribution < -0.4 is 11.3 Å². The zero-order valence-electron chi connectivity index (χ0n) is 10.5. The summed E-state index contributed by atoms with van der Waals surface area (Å²) in [6.45, 7) is 0. The molecule has 0 bridgehead atoms. The number of aromatic amines is 1. The van der Waals surface area contributed by atoms with Crippen molar-refractivity contribution in [2.24, 2.45) is 0 Å². The minimum absolute atomic E-state index is 0.133. The average Bonchev–Trinajstić information content (AvgIpc) is 2.45. The Kier molecular flexibility index (Phi) is 4.43. The Hall–Kier alpha value is -2.06. The van der Waals surface area contributed by atoms with E-state index in [1.54, 1.807) is 12.1 Å². The average molecular weight is 402 g/mol. The van der Waals surface area contributed by atoms with Crippen molar-refractivity contribution >= 4 is 44.9 Å². The quantitative estimate of drug-likeness (QED) is 0.562. The molecule has 9 heteroatoms. The van der Waals surface area contributed by atoms with Crippen LogP contribution in [0.15, 0.2) is 15.3 Å². The van der Waals surface area contributed by atoms with E-state index in [2.05, 4.69) is 20.9 Å². The fourth-order valence-electron chi connectivity index (χ4n) is 1.89. The van der Waals surface area contributed by atoms with Gasteiger partial charge < -0.3 is 10.7 Å². The van der Waals surface area contributed by atoms with Crippen molar-refractivity contribution in [3.8, 4) is 23.3 Å². The third kappa shape index (κ3) is 2.44. The number of nitrogens with zero attached hydrogens (tertiary/aromatic N) is 2. The lowest BCUT2D eigenvalue weighted by molar-refractivity contribution is 0.631. The molecular weight excluding hydrogens is 398 g/mol. The van der Waals surface area contributed by atoms with Crippen molar-refractivity contribution in [3.05, 3.63) is 47.9 Å². The lowest BCUT2D eigenvalue weighted by Gasteiger charge is -2.13. The number of H-pyrrole nitrogens is 1. The monoisotopic (exact) mass is 400 g/mol. The van der Waals surface area contributed by atoms with Gasteiger partial charge in [-0.25, -0.2) is 4.39 Å². The smallest absolute Gasteiger partial charge is 0.268 e. The minimum Gasteiger partial charge on any atom is -0.384 e. The maximum atomic E-state index is 14.5. The molecule has 0 unspecified atom stereocenters. The lowest BCUT2D eigenvalue weighted by atomic mass is 9.96. The maximum Gasteiger partial charge on any atom is 0.268 e.